The van der Waals surface area contributed by atoms with Gasteiger partial charge < -0.3 is 13.6 Å². The Morgan fingerprint density at radius 2 is 0.887 bits per heavy atom. The molecule has 0 saturated heterocycles. The van der Waals surface area contributed by atoms with Gasteiger partial charge in [-0.25, -0.2) is 0 Å². The topological polar surface area (TPSA) is 23.0 Å². The number of nitrogens with zero attached hydrogens (tertiary/aromatic N) is 2. The molecule has 0 N–H and O–H groups in total. The highest BCUT2D eigenvalue weighted by Crippen LogP contribution is 2.47. The van der Waals surface area contributed by atoms with Gasteiger partial charge in [0.2, 0.25) is 0 Å². The van der Waals surface area contributed by atoms with Crippen LogP contribution in [0.25, 0.3) is 110 Å². The van der Waals surface area contributed by atoms with Crippen LogP contribution in [-0.2, 0) is 0 Å². The van der Waals surface area contributed by atoms with Crippen LogP contribution in [0.1, 0.15) is 0 Å². The van der Waals surface area contributed by atoms with Crippen LogP contribution in [0, 0.1) is 0 Å². The van der Waals surface area contributed by atoms with Gasteiger partial charge in [-0.15, -0.1) is 0 Å². The predicted octanol–water partition coefficient (Wildman–Crippen LogP) is 13.8. The lowest BCUT2D eigenvalue weighted by atomic mass is 9.95. The molecule has 0 fully saturated rings. The highest BCUT2D eigenvalue weighted by molar-refractivity contribution is 6.38. The lowest BCUT2D eigenvalue weighted by molar-refractivity contribution is 0.669. The number of rotatable bonds is 3. The fourth-order valence-electron chi connectivity index (χ4n) is 9.15. The number of hydrogen-bond acceptors (Lipinski definition) is 1. The predicted molar refractivity (Wildman–Crippen MR) is 223 cm³/mol. The standard InChI is InChI=1S/C50H30N2O/c1-2-13-32(14-3-1)51-41-22-10-8-19-39(41)47-42(51)29-30-43-49(47)48-37-17-6-4-15-35(37)36-16-5-7-18-38(36)50(48)52(43)33-27-25-31(26-28-33)34-21-12-24-45-46(34)40-20-9-11-23-44(40)53-45/h1-30H. The molecule has 3 nitrogen and oxygen atoms in total. The summed E-state index contributed by atoms with van der Waals surface area (Å²) in [6.45, 7) is 0. The van der Waals surface area contributed by atoms with Gasteiger partial charge in [0.1, 0.15) is 11.2 Å². The van der Waals surface area contributed by atoms with E-state index in [0.717, 1.165) is 38.9 Å². The first kappa shape index (κ1) is 28.6. The third-order valence-electron chi connectivity index (χ3n) is 11.3. The quantitative estimate of drug-likeness (QED) is 0.171. The van der Waals surface area contributed by atoms with Crippen LogP contribution < -0.4 is 0 Å². The summed E-state index contributed by atoms with van der Waals surface area (Å²) in [5.74, 6) is 0. The van der Waals surface area contributed by atoms with E-state index in [4.69, 9.17) is 4.42 Å². The van der Waals surface area contributed by atoms with Crippen molar-refractivity contribution in [1.29, 1.82) is 0 Å². The molecule has 53 heavy (non-hydrogen) atoms. The van der Waals surface area contributed by atoms with E-state index >= 15 is 0 Å². The number of benzene rings is 9. The second-order valence-corrected chi connectivity index (χ2v) is 14.0. The first-order valence-electron chi connectivity index (χ1n) is 18.2. The van der Waals surface area contributed by atoms with E-state index in [2.05, 4.69) is 179 Å². The Hall–Kier alpha value is -7.10. The van der Waals surface area contributed by atoms with Crippen LogP contribution >= 0.6 is 0 Å². The zero-order valence-corrected chi connectivity index (χ0v) is 28.6. The molecule has 0 bridgehead atoms. The van der Waals surface area contributed by atoms with Crippen molar-refractivity contribution in [2.45, 2.75) is 0 Å². The number of aromatic nitrogens is 2. The van der Waals surface area contributed by atoms with E-state index < -0.39 is 0 Å². The first-order valence-corrected chi connectivity index (χ1v) is 18.2. The highest BCUT2D eigenvalue weighted by atomic mass is 16.3. The first-order chi connectivity index (χ1) is 26.3. The molecule has 0 unspecified atom stereocenters. The third kappa shape index (κ3) is 3.88. The van der Waals surface area contributed by atoms with Gasteiger partial charge in [0.15, 0.2) is 0 Å². The minimum Gasteiger partial charge on any atom is -0.456 e. The van der Waals surface area contributed by atoms with Gasteiger partial charge >= 0.3 is 0 Å². The maximum Gasteiger partial charge on any atom is 0.136 e. The molecule has 12 aromatic rings. The van der Waals surface area contributed by atoms with Gasteiger partial charge in [0.25, 0.3) is 0 Å². The number of hydrogen-bond donors (Lipinski definition) is 0. The minimum atomic E-state index is 0.909. The van der Waals surface area contributed by atoms with E-state index in [1.54, 1.807) is 0 Å². The Bertz CT molecular complexity index is 3430. The molecule has 0 aliphatic heterocycles. The van der Waals surface area contributed by atoms with Crippen molar-refractivity contribution >= 4 is 87.1 Å². The second-order valence-electron chi connectivity index (χ2n) is 14.0. The summed E-state index contributed by atoms with van der Waals surface area (Å²) < 4.78 is 11.2. The van der Waals surface area contributed by atoms with E-state index in [9.17, 15) is 0 Å². The Labute approximate surface area is 304 Å². The summed E-state index contributed by atoms with van der Waals surface area (Å²) in [5.41, 5.74) is 11.3. The smallest absolute Gasteiger partial charge is 0.136 e. The van der Waals surface area contributed by atoms with Gasteiger partial charge in [0, 0.05) is 49.1 Å². The van der Waals surface area contributed by atoms with Crippen LogP contribution in [0.2, 0.25) is 0 Å². The summed E-state index contributed by atoms with van der Waals surface area (Å²) in [6.07, 6.45) is 0. The summed E-state index contributed by atoms with van der Waals surface area (Å²) in [4.78, 5) is 0. The van der Waals surface area contributed by atoms with Gasteiger partial charge in [-0.1, -0.05) is 127 Å². The molecule has 0 aliphatic carbocycles. The lowest BCUT2D eigenvalue weighted by Gasteiger charge is -2.13. The molecule has 246 valence electrons. The van der Waals surface area contributed by atoms with E-state index in [1.807, 2.05) is 12.1 Å². The maximum atomic E-state index is 6.26. The molecule has 0 atom stereocenters. The number of fused-ring (bicyclic) bond motifs is 15. The van der Waals surface area contributed by atoms with Gasteiger partial charge in [-0.3, -0.25) is 0 Å². The molecule has 12 rings (SSSR count). The van der Waals surface area contributed by atoms with Crippen molar-refractivity contribution in [3.05, 3.63) is 182 Å². The van der Waals surface area contributed by atoms with Crippen molar-refractivity contribution in [2.75, 3.05) is 0 Å². The van der Waals surface area contributed by atoms with E-state index in [-0.39, 0.29) is 0 Å². The second kappa shape index (κ2) is 10.7. The minimum absolute atomic E-state index is 0.909. The van der Waals surface area contributed by atoms with Crippen LogP contribution in [0.3, 0.4) is 0 Å². The zero-order chi connectivity index (χ0) is 34.6. The molecule has 0 spiro atoms. The van der Waals surface area contributed by atoms with Crippen molar-refractivity contribution in [3.63, 3.8) is 0 Å². The van der Waals surface area contributed by atoms with Crippen LogP contribution in [0.4, 0.5) is 0 Å². The van der Waals surface area contributed by atoms with Gasteiger partial charge in [0.05, 0.1) is 22.1 Å². The molecule has 3 heterocycles. The molecule has 3 heteroatoms. The Balaban J connectivity index is 1.22. The Kier molecular flexibility index (Phi) is 5.77. The normalized spacial score (nSPS) is 12.2. The lowest BCUT2D eigenvalue weighted by Crippen LogP contribution is -1.95. The van der Waals surface area contributed by atoms with Crippen molar-refractivity contribution in [2.24, 2.45) is 0 Å². The molecule has 0 saturated carbocycles. The molecule has 0 amide bonds. The maximum absolute atomic E-state index is 6.26. The highest BCUT2D eigenvalue weighted by Gasteiger charge is 2.24. The number of para-hydroxylation sites is 3. The van der Waals surface area contributed by atoms with E-state index in [0.29, 0.717) is 0 Å². The van der Waals surface area contributed by atoms with Gasteiger partial charge in [-0.2, -0.15) is 0 Å². The van der Waals surface area contributed by atoms with Crippen LogP contribution in [0.15, 0.2) is 186 Å². The molecule has 9 aromatic carbocycles. The fourth-order valence-corrected chi connectivity index (χ4v) is 9.15. The van der Waals surface area contributed by atoms with Gasteiger partial charge in [-0.05, 0) is 81.9 Å². The molecule has 0 aliphatic rings. The molecular formula is C50H30N2O. The Morgan fingerprint density at radius 3 is 1.68 bits per heavy atom. The molecule has 3 aromatic heterocycles. The average Bonchev–Trinajstić information content (AvgIpc) is 3.89. The van der Waals surface area contributed by atoms with Crippen molar-refractivity contribution in [1.82, 2.24) is 9.13 Å². The summed E-state index contributed by atoms with van der Waals surface area (Å²) in [7, 11) is 0. The Morgan fingerprint density at radius 1 is 0.302 bits per heavy atom. The average molecular weight is 675 g/mol. The monoisotopic (exact) mass is 674 g/mol. The summed E-state index contributed by atoms with van der Waals surface area (Å²) in [6, 6.07) is 65.9. The van der Waals surface area contributed by atoms with Crippen LogP contribution in [0.5, 0.6) is 0 Å². The number of furan rings is 1. The van der Waals surface area contributed by atoms with Crippen LogP contribution in [-0.4, -0.2) is 9.13 Å². The fraction of sp³-hybridized carbons (Fsp3) is 0. The van der Waals surface area contributed by atoms with Crippen molar-refractivity contribution in [3.8, 4) is 22.5 Å². The SMILES string of the molecule is c1ccc(-n2c3ccccc3c3c4c5c6ccccc6c6ccccc6c5n(-c5ccc(-c6cccc7oc8ccccc8c67)cc5)c4ccc32)cc1. The largest absolute Gasteiger partial charge is 0.456 e. The molecular weight excluding hydrogens is 645 g/mol. The van der Waals surface area contributed by atoms with Crippen molar-refractivity contribution < 1.29 is 4.42 Å². The zero-order valence-electron chi connectivity index (χ0n) is 28.6. The third-order valence-corrected chi connectivity index (χ3v) is 11.3. The summed E-state index contributed by atoms with van der Waals surface area (Å²) >= 11 is 0. The summed E-state index contributed by atoms with van der Waals surface area (Å²) in [5, 5.41) is 12.4. The molecule has 0 radical (unpaired) electrons. The van der Waals surface area contributed by atoms with E-state index in [1.165, 1.54) is 70.7 Å².